The average molecular weight is 242 g/mol. The maximum atomic E-state index is 11.6. The van der Waals surface area contributed by atoms with Gasteiger partial charge in [-0.25, -0.2) is 0 Å². The number of carbonyl (C=O) groups is 1. The molecule has 0 aliphatic carbocycles. The normalized spacial score (nSPS) is 20.5. The van der Waals surface area contributed by atoms with Crippen molar-refractivity contribution in [1.82, 2.24) is 9.80 Å². The molecule has 0 aromatic carbocycles. The van der Waals surface area contributed by atoms with Gasteiger partial charge in [-0.05, 0) is 59.8 Å². The van der Waals surface area contributed by atoms with Crippen molar-refractivity contribution < 1.29 is 9.53 Å². The van der Waals surface area contributed by atoms with Crippen molar-refractivity contribution >= 4 is 5.97 Å². The van der Waals surface area contributed by atoms with Gasteiger partial charge in [-0.2, -0.15) is 0 Å². The summed E-state index contributed by atoms with van der Waals surface area (Å²) in [6.07, 6.45) is 2.47. The van der Waals surface area contributed by atoms with Crippen LogP contribution in [0.25, 0.3) is 0 Å². The molecule has 0 spiro atoms. The van der Waals surface area contributed by atoms with Crippen LogP contribution in [0.3, 0.4) is 0 Å². The van der Waals surface area contributed by atoms with Gasteiger partial charge in [-0.3, -0.25) is 9.69 Å². The molecule has 17 heavy (non-hydrogen) atoms. The van der Waals surface area contributed by atoms with Crippen molar-refractivity contribution in [2.45, 2.75) is 32.7 Å². The second kappa shape index (κ2) is 6.97. The maximum absolute atomic E-state index is 11.6. The highest BCUT2D eigenvalue weighted by molar-refractivity contribution is 5.75. The molecule has 1 fully saturated rings. The first-order valence-electron chi connectivity index (χ1n) is 6.60. The van der Waals surface area contributed by atoms with Gasteiger partial charge in [0.1, 0.15) is 6.04 Å². The maximum Gasteiger partial charge on any atom is 0.323 e. The number of carbonyl (C=O) groups excluding carboxylic acids is 1. The second-order valence-corrected chi connectivity index (χ2v) is 5.11. The second-order valence-electron chi connectivity index (χ2n) is 5.11. The summed E-state index contributed by atoms with van der Waals surface area (Å²) in [7, 11) is 4.18. The lowest BCUT2D eigenvalue weighted by Gasteiger charge is -2.33. The fraction of sp³-hybridized carbons (Fsp3) is 0.923. The third-order valence-electron chi connectivity index (χ3n) is 3.67. The van der Waals surface area contributed by atoms with Crippen molar-refractivity contribution in [2.75, 3.05) is 40.3 Å². The van der Waals surface area contributed by atoms with Gasteiger partial charge in [0, 0.05) is 6.54 Å². The van der Waals surface area contributed by atoms with Crippen molar-refractivity contribution in [3.63, 3.8) is 0 Å². The average Bonchev–Trinajstić information content (AvgIpc) is 2.31. The van der Waals surface area contributed by atoms with Crippen molar-refractivity contribution in [3.8, 4) is 0 Å². The van der Waals surface area contributed by atoms with Gasteiger partial charge in [-0.1, -0.05) is 0 Å². The fourth-order valence-corrected chi connectivity index (χ4v) is 2.25. The van der Waals surface area contributed by atoms with E-state index in [0.29, 0.717) is 12.5 Å². The molecule has 0 saturated carbocycles. The lowest BCUT2D eigenvalue weighted by atomic mass is 9.96. The van der Waals surface area contributed by atoms with Crippen LogP contribution in [0.5, 0.6) is 0 Å². The Morgan fingerprint density at radius 2 is 2.06 bits per heavy atom. The van der Waals surface area contributed by atoms with Crippen LogP contribution in [-0.4, -0.2) is 62.1 Å². The third-order valence-corrected chi connectivity index (χ3v) is 3.67. The van der Waals surface area contributed by atoms with E-state index in [1.54, 1.807) is 0 Å². The number of ether oxygens (including phenoxy) is 1. The van der Waals surface area contributed by atoms with Crippen LogP contribution < -0.4 is 0 Å². The molecule has 1 aliphatic heterocycles. The largest absolute Gasteiger partial charge is 0.465 e. The van der Waals surface area contributed by atoms with E-state index in [1.807, 2.05) is 20.9 Å². The summed E-state index contributed by atoms with van der Waals surface area (Å²) in [5.41, 5.74) is 0. The van der Waals surface area contributed by atoms with Gasteiger partial charge in [-0.15, -0.1) is 0 Å². The van der Waals surface area contributed by atoms with Crippen LogP contribution in [0.4, 0.5) is 0 Å². The molecule has 0 amide bonds. The Kier molecular flexibility index (Phi) is 5.92. The van der Waals surface area contributed by atoms with Crippen LogP contribution in [0.2, 0.25) is 0 Å². The Bertz CT molecular complexity index is 238. The van der Waals surface area contributed by atoms with Gasteiger partial charge in [0.05, 0.1) is 6.61 Å². The van der Waals surface area contributed by atoms with Crippen molar-refractivity contribution in [3.05, 3.63) is 0 Å². The summed E-state index contributed by atoms with van der Waals surface area (Å²) >= 11 is 0. The number of hydrogen-bond donors (Lipinski definition) is 0. The predicted molar refractivity (Wildman–Crippen MR) is 68.9 cm³/mol. The smallest absolute Gasteiger partial charge is 0.323 e. The molecule has 0 aromatic rings. The Hall–Kier alpha value is -0.610. The molecule has 1 saturated heterocycles. The van der Waals surface area contributed by atoms with Crippen LogP contribution in [-0.2, 0) is 9.53 Å². The van der Waals surface area contributed by atoms with Gasteiger partial charge < -0.3 is 9.64 Å². The first-order valence-corrected chi connectivity index (χ1v) is 6.60. The standard InChI is InChI=1S/C13H26N2O2/c1-5-17-13(16)11(2)15(4)10-12-6-8-14(3)9-7-12/h11-12H,5-10H2,1-4H3. The minimum atomic E-state index is -0.130. The van der Waals surface area contributed by atoms with E-state index >= 15 is 0 Å². The molecule has 1 atom stereocenters. The molecule has 4 nitrogen and oxygen atoms in total. The van der Waals surface area contributed by atoms with Crippen LogP contribution in [0.1, 0.15) is 26.7 Å². The minimum Gasteiger partial charge on any atom is -0.465 e. The van der Waals surface area contributed by atoms with Gasteiger partial charge >= 0.3 is 5.97 Å². The predicted octanol–water partition coefficient (Wildman–Crippen LogP) is 1.21. The van der Waals surface area contributed by atoms with E-state index in [-0.39, 0.29) is 12.0 Å². The molecular weight excluding hydrogens is 216 g/mol. The zero-order chi connectivity index (χ0) is 12.8. The van der Waals surface area contributed by atoms with Gasteiger partial charge in [0.25, 0.3) is 0 Å². The number of hydrogen-bond acceptors (Lipinski definition) is 4. The lowest BCUT2D eigenvalue weighted by Crippen LogP contribution is -2.42. The summed E-state index contributed by atoms with van der Waals surface area (Å²) in [5, 5.41) is 0. The highest BCUT2D eigenvalue weighted by Gasteiger charge is 2.23. The molecule has 1 unspecified atom stereocenters. The highest BCUT2D eigenvalue weighted by atomic mass is 16.5. The molecule has 0 aromatic heterocycles. The fourth-order valence-electron chi connectivity index (χ4n) is 2.25. The molecule has 0 N–H and O–H groups in total. The zero-order valence-electron chi connectivity index (χ0n) is 11.6. The van der Waals surface area contributed by atoms with Crippen LogP contribution in [0.15, 0.2) is 0 Å². The minimum absolute atomic E-state index is 0.108. The van der Waals surface area contributed by atoms with E-state index < -0.39 is 0 Å². The highest BCUT2D eigenvalue weighted by Crippen LogP contribution is 2.17. The van der Waals surface area contributed by atoms with E-state index in [1.165, 1.54) is 25.9 Å². The molecule has 1 aliphatic rings. The summed E-state index contributed by atoms with van der Waals surface area (Å²) in [6, 6.07) is -0.130. The lowest BCUT2D eigenvalue weighted by molar-refractivity contribution is -0.148. The summed E-state index contributed by atoms with van der Waals surface area (Å²) in [4.78, 5) is 16.1. The number of nitrogens with zero attached hydrogens (tertiary/aromatic N) is 2. The number of rotatable bonds is 5. The molecule has 0 radical (unpaired) electrons. The first kappa shape index (κ1) is 14.5. The van der Waals surface area contributed by atoms with Crippen LogP contribution in [0, 0.1) is 5.92 Å². The molecule has 100 valence electrons. The van der Waals surface area contributed by atoms with E-state index in [0.717, 1.165) is 6.54 Å². The molecular formula is C13H26N2O2. The SMILES string of the molecule is CCOC(=O)C(C)N(C)CC1CCN(C)CC1. The number of esters is 1. The Morgan fingerprint density at radius 3 is 2.59 bits per heavy atom. The molecule has 1 rings (SSSR count). The van der Waals surface area contributed by atoms with Crippen molar-refractivity contribution in [1.29, 1.82) is 0 Å². The van der Waals surface area contributed by atoms with Gasteiger partial charge in [0.2, 0.25) is 0 Å². The molecule has 4 heteroatoms. The van der Waals surface area contributed by atoms with Crippen LogP contribution >= 0.6 is 0 Å². The summed E-state index contributed by atoms with van der Waals surface area (Å²) in [6.45, 7) is 7.58. The van der Waals surface area contributed by atoms with E-state index in [2.05, 4.69) is 16.8 Å². The monoisotopic (exact) mass is 242 g/mol. The zero-order valence-corrected chi connectivity index (χ0v) is 11.6. The van der Waals surface area contributed by atoms with Gasteiger partial charge in [0.15, 0.2) is 0 Å². The topological polar surface area (TPSA) is 32.8 Å². The quantitative estimate of drug-likeness (QED) is 0.679. The third kappa shape index (κ3) is 4.64. The number of likely N-dealkylation sites (tertiary alicyclic amines) is 1. The summed E-state index contributed by atoms with van der Waals surface area (Å²) < 4.78 is 5.04. The molecule has 0 bridgehead atoms. The summed E-state index contributed by atoms with van der Waals surface area (Å²) in [5.74, 6) is 0.607. The Labute approximate surface area is 105 Å². The van der Waals surface area contributed by atoms with E-state index in [4.69, 9.17) is 4.74 Å². The first-order chi connectivity index (χ1) is 8.04. The number of piperidine rings is 1. The van der Waals surface area contributed by atoms with E-state index in [9.17, 15) is 4.79 Å². The Balaban J connectivity index is 2.32. The number of likely N-dealkylation sites (N-methyl/N-ethyl adjacent to an activating group) is 1. The molecule has 1 heterocycles. The van der Waals surface area contributed by atoms with Crippen molar-refractivity contribution in [2.24, 2.45) is 5.92 Å². The Morgan fingerprint density at radius 1 is 1.47 bits per heavy atom.